The minimum Gasteiger partial charge on any atom is -0.494 e. The third kappa shape index (κ3) is 3.35. The van der Waals surface area contributed by atoms with Crippen molar-refractivity contribution in [3.05, 3.63) is 59.9 Å². The van der Waals surface area contributed by atoms with Crippen LogP contribution >= 0.6 is 11.8 Å². The molecule has 2 rings (SSSR count). The van der Waals surface area contributed by atoms with Crippen LogP contribution in [0.15, 0.2) is 53.4 Å². The predicted octanol–water partition coefficient (Wildman–Crippen LogP) is 3.81. The van der Waals surface area contributed by atoms with Crippen molar-refractivity contribution in [2.45, 2.75) is 4.90 Å². The third-order valence-corrected chi connectivity index (χ3v) is 3.61. The zero-order valence-corrected chi connectivity index (χ0v) is 11.2. The molecule has 4 heteroatoms. The quantitative estimate of drug-likeness (QED) is 0.613. The van der Waals surface area contributed by atoms with Gasteiger partial charge in [-0.25, -0.2) is 4.39 Å². The molecular weight excluding hydrogens is 263 g/mol. The summed E-state index contributed by atoms with van der Waals surface area (Å²) in [5, 5.41) is 0. The van der Waals surface area contributed by atoms with E-state index in [1.807, 2.05) is 30.3 Å². The second kappa shape index (κ2) is 6.38. The Kier molecular flexibility index (Phi) is 4.58. The first-order valence-electron chi connectivity index (χ1n) is 5.76. The van der Waals surface area contributed by atoms with Crippen LogP contribution in [-0.2, 0) is 0 Å². The van der Waals surface area contributed by atoms with Gasteiger partial charge in [-0.2, -0.15) is 0 Å². The topological polar surface area (TPSA) is 26.3 Å². The fourth-order valence-corrected chi connectivity index (χ4v) is 2.43. The second-order valence-corrected chi connectivity index (χ2v) is 4.90. The molecule has 0 heterocycles. The molecule has 2 aromatic carbocycles. The van der Waals surface area contributed by atoms with Gasteiger partial charge in [0.25, 0.3) is 0 Å². The highest BCUT2D eigenvalue weighted by atomic mass is 32.2. The molecule has 0 atom stereocenters. The molecule has 0 spiro atoms. The zero-order valence-electron chi connectivity index (χ0n) is 10.4. The van der Waals surface area contributed by atoms with Crippen molar-refractivity contribution in [1.29, 1.82) is 0 Å². The highest BCUT2D eigenvalue weighted by Crippen LogP contribution is 2.23. The van der Waals surface area contributed by atoms with E-state index in [-0.39, 0.29) is 22.8 Å². The van der Waals surface area contributed by atoms with Gasteiger partial charge in [-0.05, 0) is 24.3 Å². The van der Waals surface area contributed by atoms with E-state index in [4.69, 9.17) is 4.74 Å². The number of carbonyl (C=O) groups excluding carboxylic acids is 1. The summed E-state index contributed by atoms with van der Waals surface area (Å²) in [7, 11) is 1.38. The van der Waals surface area contributed by atoms with E-state index in [9.17, 15) is 9.18 Å². The van der Waals surface area contributed by atoms with Crippen molar-refractivity contribution in [1.82, 2.24) is 0 Å². The lowest BCUT2D eigenvalue weighted by molar-refractivity contribution is 0.101. The Labute approximate surface area is 115 Å². The lowest BCUT2D eigenvalue weighted by atomic mass is 10.1. The van der Waals surface area contributed by atoms with Gasteiger partial charge in [0.2, 0.25) is 0 Å². The molecule has 0 saturated heterocycles. The number of Topliss-reactive ketones (excluding diaryl/α,β-unsaturated/α-hetero) is 1. The summed E-state index contributed by atoms with van der Waals surface area (Å²) in [6.07, 6.45) is 0. The maximum Gasteiger partial charge on any atom is 0.176 e. The normalized spacial score (nSPS) is 10.2. The van der Waals surface area contributed by atoms with Gasteiger partial charge < -0.3 is 4.74 Å². The summed E-state index contributed by atoms with van der Waals surface area (Å²) in [6, 6.07) is 14.1. The summed E-state index contributed by atoms with van der Waals surface area (Å²) in [5.74, 6) is -0.543. The molecule has 19 heavy (non-hydrogen) atoms. The van der Waals surface area contributed by atoms with E-state index in [0.717, 1.165) is 4.90 Å². The van der Waals surface area contributed by atoms with Gasteiger partial charge in [0.05, 0.1) is 18.4 Å². The molecule has 0 aliphatic rings. The van der Waals surface area contributed by atoms with E-state index >= 15 is 0 Å². The summed E-state index contributed by atoms with van der Waals surface area (Å²) in [4.78, 5) is 13.0. The fourth-order valence-electron chi connectivity index (χ4n) is 1.63. The molecule has 98 valence electrons. The van der Waals surface area contributed by atoms with Crippen LogP contribution in [0, 0.1) is 5.82 Å². The summed E-state index contributed by atoms with van der Waals surface area (Å²) in [5.41, 5.74) is 0.0720. The average molecular weight is 276 g/mol. The van der Waals surface area contributed by atoms with Crippen LogP contribution in [0.3, 0.4) is 0 Å². The number of ether oxygens (including phenoxy) is 1. The molecule has 2 nitrogen and oxygen atoms in total. The van der Waals surface area contributed by atoms with E-state index in [0.29, 0.717) is 0 Å². The first-order valence-corrected chi connectivity index (χ1v) is 6.74. The Bertz CT molecular complexity index is 570. The number of benzene rings is 2. The SMILES string of the molecule is COc1cccc(C(=O)CSc2ccccc2)c1F. The molecular formula is C15H13FO2S. The molecule has 0 unspecified atom stereocenters. The lowest BCUT2D eigenvalue weighted by Crippen LogP contribution is -2.06. The van der Waals surface area contributed by atoms with E-state index < -0.39 is 5.82 Å². The highest BCUT2D eigenvalue weighted by molar-refractivity contribution is 8.00. The van der Waals surface area contributed by atoms with Gasteiger partial charge in [-0.15, -0.1) is 11.8 Å². The number of hydrogen-bond donors (Lipinski definition) is 0. The van der Waals surface area contributed by atoms with Gasteiger partial charge in [-0.1, -0.05) is 24.3 Å². The van der Waals surface area contributed by atoms with E-state index in [1.165, 1.54) is 31.0 Å². The average Bonchev–Trinajstić information content (AvgIpc) is 2.46. The van der Waals surface area contributed by atoms with E-state index in [2.05, 4.69) is 0 Å². The standard InChI is InChI=1S/C15H13FO2S/c1-18-14-9-5-8-12(15(14)16)13(17)10-19-11-6-3-2-4-7-11/h2-9H,10H2,1H3. The van der Waals surface area contributed by atoms with Crippen LogP contribution in [0.2, 0.25) is 0 Å². The van der Waals surface area contributed by atoms with Crippen molar-refractivity contribution >= 4 is 17.5 Å². The summed E-state index contributed by atoms with van der Waals surface area (Å²) < 4.78 is 18.8. The molecule has 0 amide bonds. The number of hydrogen-bond acceptors (Lipinski definition) is 3. The second-order valence-electron chi connectivity index (χ2n) is 3.85. The van der Waals surface area contributed by atoms with Crippen LogP contribution in [0.1, 0.15) is 10.4 Å². The van der Waals surface area contributed by atoms with Gasteiger partial charge in [0.15, 0.2) is 17.3 Å². The minimum atomic E-state index is -0.594. The number of halogens is 1. The summed E-state index contributed by atoms with van der Waals surface area (Å²) in [6.45, 7) is 0. The van der Waals surface area contributed by atoms with Crippen LogP contribution in [0.5, 0.6) is 5.75 Å². The number of thioether (sulfide) groups is 1. The molecule has 2 aromatic rings. The van der Waals surface area contributed by atoms with E-state index in [1.54, 1.807) is 6.07 Å². The predicted molar refractivity (Wildman–Crippen MR) is 74.4 cm³/mol. The molecule has 0 saturated carbocycles. The van der Waals surface area contributed by atoms with Gasteiger partial charge >= 0.3 is 0 Å². The first-order chi connectivity index (χ1) is 9.22. The smallest absolute Gasteiger partial charge is 0.176 e. The van der Waals surface area contributed by atoms with Crippen LogP contribution in [0.4, 0.5) is 4.39 Å². The minimum absolute atomic E-state index is 0.0720. The molecule has 0 fully saturated rings. The van der Waals surface area contributed by atoms with Crippen molar-refractivity contribution in [2.75, 3.05) is 12.9 Å². The number of methoxy groups -OCH3 is 1. The van der Waals surface area contributed by atoms with Crippen molar-refractivity contribution in [3.63, 3.8) is 0 Å². The fraction of sp³-hybridized carbons (Fsp3) is 0.133. The van der Waals surface area contributed by atoms with Crippen LogP contribution in [0.25, 0.3) is 0 Å². The van der Waals surface area contributed by atoms with Crippen LogP contribution < -0.4 is 4.74 Å². The molecule has 0 aliphatic carbocycles. The monoisotopic (exact) mass is 276 g/mol. The number of rotatable bonds is 5. The Morgan fingerprint density at radius 3 is 2.58 bits per heavy atom. The molecule has 0 radical (unpaired) electrons. The van der Waals surface area contributed by atoms with Crippen molar-refractivity contribution in [2.24, 2.45) is 0 Å². The molecule has 0 aliphatic heterocycles. The summed E-state index contributed by atoms with van der Waals surface area (Å²) >= 11 is 1.39. The Morgan fingerprint density at radius 1 is 1.16 bits per heavy atom. The Hall–Kier alpha value is -1.81. The maximum atomic E-state index is 13.9. The highest BCUT2D eigenvalue weighted by Gasteiger charge is 2.15. The van der Waals surface area contributed by atoms with Crippen molar-refractivity contribution in [3.8, 4) is 5.75 Å². The molecule has 0 bridgehead atoms. The maximum absolute atomic E-state index is 13.9. The lowest BCUT2D eigenvalue weighted by Gasteiger charge is -2.06. The zero-order chi connectivity index (χ0) is 13.7. The number of ketones is 1. The largest absolute Gasteiger partial charge is 0.494 e. The third-order valence-electron chi connectivity index (χ3n) is 2.60. The van der Waals surface area contributed by atoms with Gasteiger partial charge in [0.1, 0.15) is 0 Å². The van der Waals surface area contributed by atoms with Crippen molar-refractivity contribution < 1.29 is 13.9 Å². The Morgan fingerprint density at radius 2 is 1.89 bits per heavy atom. The first kappa shape index (κ1) is 13.6. The molecule has 0 N–H and O–H groups in total. The van der Waals surface area contributed by atoms with Crippen LogP contribution in [-0.4, -0.2) is 18.6 Å². The van der Waals surface area contributed by atoms with Gasteiger partial charge in [-0.3, -0.25) is 4.79 Å². The molecule has 0 aromatic heterocycles. The Balaban J connectivity index is 2.08. The number of carbonyl (C=O) groups is 1. The van der Waals surface area contributed by atoms with Gasteiger partial charge in [0, 0.05) is 4.90 Å².